The normalized spacial score (nSPS) is 41.0. The van der Waals surface area contributed by atoms with E-state index in [1.54, 1.807) is 7.11 Å². The SMILES string of the molecule is COc1ccc2c(c1)[C@@]13CCN(CC4CC4)[C@H](C2)[C@]1(O)C[C@@H](N)C3. The van der Waals surface area contributed by atoms with Crippen molar-refractivity contribution >= 4 is 0 Å². The number of rotatable bonds is 3. The van der Waals surface area contributed by atoms with Crippen LogP contribution in [0.5, 0.6) is 5.75 Å². The zero-order valence-electron chi connectivity index (χ0n) is 14.5. The third kappa shape index (κ3) is 1.91. The number of hydrogen-bond acceptors (Lipinski definition) is 4. The van der Waals surface area contributed by atoms with E-state index in [1.165, 1.54) is 24.0 Å². The zero-order chi connectivity index (χ0) is 16.5. The molecule has 24 heavy (non-hydrogen) atoms. The minimum atomic E-state index is -0.682. The van der Waals surface area contributed by atoms with E-state index in [0.717, 1.165) is 50.4 Å². The molecule has 4 atom stereocenters. The van der Waals surface area contributed by atoms with Crippen LogP contribution in [0.15, 0.2) is 18.2 Å². The Bertz CT molecular complexity index is 674. The first-order valence-corrected chi connectivity index (χ1v) is 9.45. The first kappa shape index (κ1) is 15.2. The molecule has 0 unspecified atom stereocenters. The van der Waals surface area contributed by atoms with E-state index in [9.17, 15) is 5.11 Å². The van der Waals surface area contributed by atoms with Crippen molar-refractivity contribution in [3.63, 3.8) is 0 Å². The molecule has 0 spiro atoms. The maximum Gasteiger partial charge on any atom is 0.119 e. The van der Waals surface area contributed by atoms with E-state index >= 15 is 0 Å². The summed E-state index contributed by atoms with van der Waals surface area (Å²) < 4.78 is 5.48. The molecule has 0 aromatic heterocycles. The maximum atomic E-state index is 11.9. The van der Waals surface area contributed by atoms with Crippen LogP contribution in [-0.2, 0) is 11.8 Å². The molecule has 4 aliphatic rings. The summed E-state index contributed by atoms with van der Waals surface area (Å²) in [6.07, 6.45) is 6.31. The fourth-order valence-electron chi connectivity index (χ4n) is 6.00. The number of nitrogens with two attached hydrogens (primary N) is 1. The van der Waals surface area contributed by atoms with Gasteiger partial charge in [0.15, 0.2) is 0 Å². The Hall–Kier alpha value is -1.10. The number of aliphatic hydroxyl groups is 1. The predicted molar refractivity (Wildman–Crippen MR) is 93.2 cm³/mol. The Kier molecular flexibility index (Phi) is 3.14. The number of hydrogen-bond donors (Lipinski definition) is 2. The molecule has 1 aromatic carbocycles. The van der Waals surface area contributed by atoms with E-state index in [-0.39, 0.29) is 17.5 Å². The topological polar surface area (TPSA) is 58.7 Å². The number of fused-ring (bicyclic) bond motifs is 1. The van der Waals surface area contributed by atoms with Gasteiger partial charge in [-0.2, -0.15) is 0 Å². The van der Waals surface area contributed by atoms with Gasteiger partial charge in [0.05, 0.1) is 12.7 Å². The molecule has 1 heterocycles. The fraction of sp³-hybridized carbons (Fsp3) is 0.700. The number of methoxy groups -OCH3 is 1. The van der Waals surface area contributed by atoms with Gasteiger partial charge in [-0.05, 0) is 74.2 Å². The molecule has 0 radical (unpaired) electrons. The first-order valence-electron chi connectivity index (χ1n) is 9.45. The van der Waals surface area contributed by atoms with Crippen molar-refractivity contribution in [1.82, 2.24) is 4.90 Å². The second kappa shape index (κ2) is 4.96. The summed E-state index contributed by atoms with van der Waals surface area (Å²) in [5.41, 5.74) is 8.24. The van der Waals surface area contributed by atoms with Crippen molar-refractivity contribution in [3.05, 3.63) is 29.3 Å². The highest BCUT2D eigenvalue weighted by Gasteiger charge is 2.66. The highest BCUT2D eigenvalue weighted by molar-refractivity contribution is 5.49. The van der Waals surface area contributed by atoms with Crippen LogP contribution >= 0.6 is 0 Å². The van der Waals surface area contributed by atoms with E-state index in [1.807, 2.05) is 0 Å². The van der Waals surface area contributed by atoms with Crippen molar-refractivity contribution in [3.8, 4) is 5.75 Å². The summed E-state index contributed by atoms with van der Waals surface area (Å²) in [6.45, 7) is 2.25. The second-order valence-electron chi connectivity index (χ2n) is 8.61. The van der Waals surface area contributed by atoms with Gasteiger partial charge >= 0.3 is 0 Å². The minimum Gasteiger partial charge on any atom is -0.497 e. The molecular weight excluding hydrogens is 300 g/mol. The van der Waals surface area contributed by atoms with Crippen molar-refractivity contribution in [2.45, 2.75) is 61.6 Å². The molecule has 2 bridgehead atoms. The Labute approximate surface area is 144 Å². The van der Waals surface area contributed by atoms with Gasteiger partial charge in [-0.15, -0.1) is 0 Å². The average Bonchev–Trinajstić information content (AvgIpc) is 3.31. The van der Waals surface area contributed by atoms with Crippen molar-refractivity contribution in [2.24, 2.45) is 11.7 Å². The number of piperidine rings is 1. The van der Waals surface area contributed by atoms with Gasteiger partial charge < -0.3 is 15.6 Å². The van der Waals surface area contributed by atoms with Crippen LogP contribution < -0.4 is 10.5 Å². The highest BCUT2D eigenvalue weighted by Crippen LogP contribution is 2.60. The standard InChI is InChI=1S/C20H28N2O2/c1-24-16-5-4-14-8-18-20(23)11-15(21)10-19(20,17(14)9-16)6-7-22(18)12-13-2-3-13/h4-5,9,13,15,18,23H,2-3,6-8,10-12,21H2,1H3/t15-,18+,19-,20+/m0/s1. The van der Waals surface area contributed by atoms with Gasteiger partial charge in [-0.1, -0.05) is 6.07 Å². The van der Waals surface area contributed by atoms with Gasteiger partial charge in [-0.3, -0.25) is 4.90 Å². The molecule has 0 amide bonds. The summed E-state index contributed by atoms with van der Waals surface area (Å²) in [6, 6.07) is 6.77. The van der Waals surface area contributed by atoms with Crippen LogP contribution in [0.4, 0.5) is 0 Å². The molecule has 5 rings (SSSR count). The first-order chi connectivity index (χ1) is 11.6. The van der Waals surface area contributed by atoms with Gasteiger partial charge in [-0.25, -0.2) is 0 Å². The van der Waals surface area contributed by atoms with Crippen LogP contribution in [0.3, 0.4) is 0 Å². The summed E-state index contributed by atoms with van der Waals surface area (Å²) >= 11 is 0. The van der Waals surface area contributed by atoms with E-state index in [0.29, 0.717) is 0 Å². The number of ether oxygens (including phenoxy) is 1. The fourth-order valence-corrected chi connectivity index (χ4v) is 6.00. The van der Waals surface area contributed by atoms with Gasteiger partial charge in [0.1, 0.15) is 5.75 Å². The third-order valence-electron chi connectivity index (χ3n) is 7.27. The maximum absolute atomic E-state index is 11.9. The van der Waals surface area contributed by atoms with Gasteiger partial charge in [0.2, 0.25) is 0 Å². The minimum absolute atomic E-state index is 0.0931. The lowest BCUT2D eigenvalue weighted by Gasteiger charge is -2.59. The molecule has 4 heteroatoms. The predicted octanol–water partition coefficient (Wildman–Crippen LogP) is 1.83. The van der Waals surface area contributed by atoms with Crippen LogP contribution in [0, 0.1) is 5.92 Å². The molecule has 3 N–H and O–H groups in total. The van der Waals surface area contributed by atoms with Crippen molar-refractivity contribution < 1.29 is 9.84 Å². The van der Waals surface area contributed by atoms with E-state index in [4.69, 9.17) is 10.5 Å². The van der Waals surface area contributed by atoms with E-state index < -0.39 is 5.60 Å². The summed E-state index contributed by atoms with van der Waals surface area (Å²) in [5, 5.41) is 11.9. The molecule has 4 nitrogen and oxygen atoms in total. The van der Waals surface area contributed by atoms with Crippen LogP contribution in [0.1, 0.15) is 43.2 Å². The number of nitrogens with zero attached hydrogens (tertiary/aromatic N) is 1. The molecule has 1 aliphatic heterocycles. The van der Waals surface area contributed by atoms with Gasteiger partial charge in [0, 0.05) is 24.0 Å². The van der Waals surface area contributed by atoms with Crippen LogP contribution in [0.2, 0.25) is 0 Å². The summed E-state index contributed by atoms with van der Waals surface area (Å²) in [4.78, 5) is 2.58. The summed E-state index contributed by atoms with van der Waals surface area (Å²) in [7, 11) is 1.72. The number of likely N-dealkylation sites (tertiary alicyclic amines) is 1. The Morgan fingerprint density at radius 2 is 2.17 bits per heavy atom. The zero-order valence-corrected chi connectivity index (χ0v) is 14.5. The molecule has 2 saturated carbocycles. The lowest BCUT2D eigenvalue weighted by Crippen LogP contribution is -2.69. The third-order valence-corrected chi connectivity index (χ3v) is 7.27. The quantitative estimate of drug-likeness (QED) is 0.889. The monoisotopic (exact) mass is 328 g/mol. The molecule has 130 valence electrons. The Morgan fingerprint density at radius 3 is 2.92 bits per heavy atom. The van der Waals surface area contributed by atoms with Crippen molar-refractivity contribution in [1.29, 1.82) is 0 Å². The van der Waals surface area contributed by atoms with Crippen LogP contribution in [-0.4, -0.2) is 47.9 Å². The smallest absolute Gasteiger partial charge is 0.119 e. The number of benzene rings is 1. The van der Waals surface area contributed by atoms with Crippen LogP contribution in [0.25, 0.3) is 0 Å². The highest BCUT2D eigenvalue weighted by atomic mass is 16.5. The van der Waals surface area contributed by atoms with E-state index in [2.05, 4.69) is 23.1 Å². The largest absolute Gasteiger partial charge is 0.497 e. The lowest BCUT2D eigenvalue weighted by molar-refractivity contribution is -0.131. The molecule has 3 aliphatic carbocycles. The molecule has 3 fully saturated rings. The van der Waals surface area contributed by atoms with Crippen molar-refractivity contribution in [2.75, 3.05) is 20.2 Å². The molecule has 1 aromatic rings. The summed E-state index contributed by atoms with van der Waals surface area (Å²) in [5.74, 6) is 1.75. The Morgan fingerprint density at radius 1 is 1.33 bits per heavy atom. The van der Waals surface area contributed by atoms with Gasteiger partial charge in [0.25, 0.3) is 0 Å². The molecular formula is C20H28N2O2. The second-order valence-corrected chi connectivity index (χ2v) is 8.61. The Balaban J connectivity index is 1.63. The average molecular weight is 328 g/mol. The lowest BCUT2D eigenvalue weighted by atomic mass is 9.56. The molecule has 1 saturated heterocycles.